The van der Waals surface area contributed by atoms with E-state index in [1.807, 2.05) is 12.2 Å². The monoisotopic (exact) mass is 516 g/mol. The molecule has 0 radical (unpaired) electrons. The summed E-state index contributed by atoms with van der Waals surface area (Å²) in [6, 6.07) is 6.06. The molecule has 8 heteroatoms. The number of benzene rings is 1. The minimum Gasteiger partial charge on any atom is -0.494 e. The average molecular weight is 517 g/mol. The average Bonchev–Trinajstić information content (AvgIpc) is 3.26. The van der Waals surface area contributed by atoms with Crippen molar-refractivity contribution >= 4 is 17.5 Å². The topological polar surface area (TPSA) is 60.0 Å². The van der Waals surface area contributed by atoms with Crippen LogP contribution in [0.5, 0.6) is 5.75 Å². The molecule has 4 atom stereocenters. The van der Waals surface area contributed by atoms with Gasteiger partial charge in [0.1, 0.15) is 17.7 Å². The summed E-state index contributed by atoms with van der Waals surface area (Å²) in [6.07, 6.45) is 9.48. The van der Waals surface area contributed by atoms with E-state index in [0.717, 1.165) is 43.6 Å². The zero-order valence-corrected chi connectivity index (χ0v) is 21.4. The molecule has 0 spiro atoms. The Morgan fingerprint density at radius 3 is 2.86 bits per heavy atom. The molecule has 2 aliphatic heterocycles. The van der Waals surface area contributed by atoms with Gasteiger partial charge in [-0.3, -0.25) is 4.79 Å². The first-order valence-corrected chi connectivity index (χ1v) is 13.3. The van der Waals surface area contributed by atoms with Gasteiger partial charge in [0.05, 0.1) is 30.4 Å². The van der Waals surface area contributed by atoms with Crippen molar-refractivity contribution < 1.29 is 23.4 Å². The molecule has 1 saturated carbocycles. The van der Waals surface area contributed by atoms with Crippen molar-refractivity contribution in [3.63, 3.8) is 0 Å². The highest BCUT2D eigenvalue weighted by Crippen LogP contribution is 2.42. The van der Waals surface area contributed by atoms with Gasteiger partial charge in [-0.05, 0) is 86.2 Å². The molecule has 4 unspecified atom stereocenters. The summed E-state index contributed by atoms with van der Waals surface area (Å²) >= 11 is 6.45. The van der Waals surface area contributed by atoms with Crippen molar-refractivity contribution in [3.8, 4) is 5.75 Å². The number of methoxy groups -OCH3 is 1. The first-order chi connectivity index (χ1) is 17.5. The van der Waals surface area contributed by atoms with Crippen molar-refractivity contribution in [1.29, 1.82) is 0 Å². The molecule has 0 bridgehead atoms. The molecule has 5 rings (SSSR count). The van der Waals surface area contributed by atoms with E-state index < -0.39 is 0 Å². The molecule has 4 aliphatic rings. The number of rotatable bonds is 8. The quantitative estimate of drug-likeness (QED) is 0.507. The van der Waals surface area contributed by atoms with Gasteiger partial charge in [0.15, 0.2) is 0 Å². The second-order valence-electron chi connectivity index (χ2n) is 9.98. The maximum atomic E-state index is 13.4. The van der Waals surface area contributed by atoms with E-state index >= 15 is 0 Å². The number of nitrogens with zero attached hydrogens (tertiary/aromatic N) is 1. The number of fused-ring (bicyclic) bond motifs is 2. The molecule has 2 aliphatic carbocycles. The molecule has 1 aromatic carbocycles. The third-order valence-corrected chi connectivity index (χ3v) is 7.84. The van der Waals surface area contributed by atoms with Crippen molar-refractivity contribution in [2.75, 3.05) is 33.4 Å². The van der Waals surface area contributed by atoms with Gasteiger partial charge in [-0.2, -0.15) is 0 Å². The Labute approximate surface area is 217 Å². The Bertz CT molecular complexity index is 1050. The highest BCUT2D eigenvalue weighted by atomic mass is 35.5. The maximum absolute atomic E-state index is 13.4. The summed E-state index contributed by atoms with van der Waals surface area (Å²) in [7, 11) is 1.67. The van der Waals surface area contributed by atoms with E-state index in [1.165, 1.54) is 30.5 Å². The van der Waals surface area contributed by atoms with Crippen molar-refractivity contribution in [2.45, 2.75) is 56.8 Å². The van der Waals surface area contributed by atoms with Crippen LogP contribution in [0.2, 0.25) is 0 Å². The number of amides is 1. The molecule has 1 N–H and O–H groups in total. The number of piperidine rings is 1. The second-order valence-corrected chi connectivity index (χ2v) is 10.4. The summed E-state index contributed by atoms with van der Waals surface area (Å²) in [6.45, 7) is 2.88. The lowest BCUT2D eigenvalue weighted by Crippen LogP contribution is -2.51. The predicted octanol–water partition coefficient (Wildman–Crippen LogP) is 4.71. The lowest BCUT2D eigenvalue weighted by Gasteiger charge is -2.37. The maximum Gasteiger partial charge on any atom is 0.230 e. The molecule has 2 heterocycles. The first-order valence-electron chi connectivity index (χ1n) is 12.9. The zero-order valence-electron chi connectivity index (χ0n) is 20.7. The van der Waals surface area contributed by atoms with Gasteiger partial charge >= 0.3 is 0 Å². The molecule has 1 aromatic rings. The molecule has 1 amide bonds. The lowest BCUT2D eigenvalue weighted by atomic mass is 9.87. The van der Waals surface area contributed by atoms with Crippen LogP contribution in [0.4, 0.5) is 4.39 Å². The number of hydrogen-bond acceptors (Lipinski definition) is 5. The summed E-state index contributed by atoms with van der Waals surface area (Å²) in [5.74, 6) is 0.108. The Morgan fingerprint density at radius 1 is 1.22 bits per heavy atom. The number of ether oxygens (including phenoxy) is 3. The first kappa shape index (κ1) is 25.5. The van der Waals surface area contributed by atoms with Crippen LogP contribution < -0.4 is 10.1 Å². The van der Waals surface area contributed by atoms with E-state index in [0.29, 0.717) is 30.4 Å². The highest BCUT2D eigenvalue weighted by Gasteiger charge is 2.40. The van der Waals surface area contributed by atoms with Crippen LogP contribution in [0, 0.1) is 11.7 Å². The Hall–Kier alpha value is -2.19. The van der Waals surface area contributed by atoms with E-state index in [-0.39, 0.29) is 36.0 Å². The van der Waals surface area contributed by atoms with Gasteiger partial charge in [-0.1, -0.05) is 18.0 Å². The molecular formula is C28H34ClFN2O4. The molecule has 1 saturated heterocycles. The SMILES string of the molecule is COC1CN(CCCOc2ccc(F)cc2)CCC1C(=O)NC1=CC(Cl)=CC2=C3CCCCC3OC12. The predicted molar refractivity (Wildman–Crippen MR) is 136 cm³/mol. The number of carbonyl (C=O) groups excluding carboxylic acids is 1. The van der Waals surface area contributed by atoms with Crippen LogP contribution in [0.1, 0.15) is 38.5 Å². The fourth-order valence-corrected chi connectivity index (χ4v) is 5.99. The minimum absolute atomic E-state index is 0.0402. The number of hydrogen-bond donors (Lipinski definition) is 1. The third-order valence-electron chi connectivity index (χ3n) is 7.63. The number of likely N-dealkylation sites (tertiary alicyclic amines) is 1. The molecule has 6 nitrogen and oxygen atoms in total. The smallest absolute Gasteiger partial charge is 0.230 e. The number of halogens is 2. The fraction of sp³-hybridized carbons (Fsp3) is 0.536. The molecule has 2 fully saturated rings. The molecule has 36 heavy (non-hydrogen) atoms. The number of nitrogens with one attached hydrogen (secondary N) is 1. The van der Waals surface area contributed by atoms with Gasteiger partial charge in [-0.15, -0.1) is 0 Å². The van der Waals surface area contributed by atoms with Crippen molar-refractivity contribution in [1.82, 2.24) is 10.2 Å². The van der Waals surface area contributed by atoms with E-state index in [2.05, 4.69) is 10.2 Å². The third kappa shape index (κ3) is 5.70. The van der Waals surface area contributed by atoms with Crippen LogP contribution in [0.3, 0.4) is 0 Å². The van der Waals surface area contributed by atoms with Crippen LogP contribution in [0.25, 0.3) is 0 Å². The van der Waals surface area contributed by atoms with Crippen LogP contribution >= 0.6 is 11.6 Å². The van der Waals surface area contributed by atoms with Crippen molar-refractivity contribution in [2.24, 2.45) is 5.92 Å². The second kappa shape index (κ2) is 11.5. The standard InChI is InChI=1S/C28H34ClFN2O4/c1-34-26-17-32(12-4-14-35-20-9-7-19(30)8-10-20)13-11-22(26)28(33)31-24-16-18(29)15-23-21-5-2-3-6-25(21)36-27(23)24/h7-10,15-16,22,25-27H,2-6,11-14,17H2,1H3,(H,31,33). The zero-order chi connectivity index (χ0) is 25.1. The van der Waals surface area contributed by atoms with Crippen LogP contribution in [-0.2, 0) is 14.3 Å². The van der Waals surface area contributed by atoms with Gasteiger partial charge in [0.2, 0.25) is 5.91 Å². The van der Waals surface area contributed by atoms with Gasteiger partial charge in [0, 0.05) is 25.2 Å². The summed E-state index contributed by atoms with van der Waals surface area (Å²) in [4.78, 5) is 15.7. The summed E-state index contributed by atoms with van der Waals surface area (Å²) in [5.41, 5.74) is 3.21. The van der Waals surface area contributed by atoms with E-state index in [1.54, 1.807) is 19.2 Å². The molecule has 0 aromatic heterocycles. The summed E-state index contributed by atoms with van der Waals surface area (Å²) in [5, 5.41) is 3.77. The normalized spacial score (nSPS) is 28.2. The number of carbonyl (C=O) groups is 1. The Morgan fingerprint density at radius 2 is 2.06 bits per heavy atom. The van der Waals surface area contributed by atoms with Crippen LogP contribution in [-0.4, -0.2) is 62.5 Å². The van der Waals surface area contributed by atoms with Gasteiger partial charge in [0.25, 0.3) is 0 Å². The Kier molecular flexibility index (Phi) is 8.11. The van der Waals surface area contributed by atoms with Gasteiger partial charge in [-0.25, -0.2) is 4.39 Å². The molecular weight excluding hydrogens is 483 g/mol. The summed E-state index contributed by atoms with van der Waals surface area (Å²) < 4.78 is 30.8. The Balaban J connectivity index is 1.13. The molecule has 194 valence electrons. The van der Waals surface area contributed by atoms with Crippen LogP contribution in [0.15, 0.2) is 58.3 Å². The fourth-order valence-electron chi connectivity index (χ4n) is 5.76. The lowest BCUT2D eigenvalue weighted by molar-refractivity contribution is -0.132. The number of allylic oxidation sites excluding steroid dienone is 2. The highest BCUT2D eigenvalue weighted by molar-refractivity contribution is 6.31. The van der Waals surface area contributed by atoms with Gasteiger partial charge < -0.3 is 24.4 Å². The van der Waals surface area contributed by atoms with E-state index in [4.69, 9.17) is 25.8 Å². The van der Waals surface area contributed by atoms with E-state index in [9.17, 15) is 9.18 Å². The largest absolute Gasteiger partial charge is 0.494 e. The van der Waals surface area contributed by atoms with Crippen molar-refractivity contribution in [3.05, 3.63) is 64.1 Å². The minimum atomic E-state index is -0.273.